The number of fused-ring (bicyclic) bond motifs is 1. The second kappa shape index (κ2) is 23.6. The van der Waals surface area contributed by atoms with Crippen molar-refractivity contribution < 1.29 is 4.42 Å². The zero-order chi connectivity index (χ0) is 46.0. The van der Waals surface area contributed by atoms with Gasteiger partial charge in [-0.1, -0.05) is 195 Å². The van der Waals surface area contributed by atoms with Crippen molar-refractivity contribution in [2.24, 2.45) is 4.99 Å². The minimum atomic E-state index is 0.616. The Morgan fingerprint density at radius 1 is 0.538 bits per heavy atom. The van der Waals surface area contributed by atoms with Gasteiger partial charge in [-0.25, -0.2) is 0 Å². The highest BCUT2D eigenvalue weighted by Gasteiger charge is 2.18. The van der Waals surface area contributed by atoms with Gasteiger partial charge in [0, 0.05) is 18.0 Å². The van der Waals surface area contributed by atoms with Gasteiger partial charge < -0.3 is 9.83 Å². The van der Waals surface area contributed by atoms with Crippen LogP contribution in [0.5, 0.6) is 0 Å². The summed E-state index contributed by atoms with van der Waals surface area (Å²) in [6.45, 7) is 15.1. The lowest BCUT2D eigenvalue weighted by molar-refractivity contribution is 0.605. The Hall–Kier alpha value is -7.85. The molecule has 0 amide bonds. The number of halogens is 1. The summed E-state index contributed by atoms with van der Waals surface area (Å²) >= 11 is 6.46. The zero-order valence-electron chi connectivity index (χ0n) is 37.1. The molecular formula is C61H53ClN2O. The van der Waals surface area contributed by atoms with E-state index in [9.17, 15) is 0 Å². The second-order valence-corrected chi connectivity index (χ2v) is 15.2. The molecule has 0 radical (unpaired) electrons. The fraction of sp³-hybridized carbons (Fsp3) is 0.0492. The van der Waals surface area contributed by atoms with Gasteiger partial charge in [0.05, 0.1) is 5.02 Å². The first-order valence-electron chi connectivity index (χ1n) is 21.5. The van der Waals surface area contributed by atoms with Crippen LogP contribution in [0, 0.1) is 5.41 Å². The number of hydrogen-bond donors (Lipinski definition) is 1. The largest absolute Gasteiger partial charge is 0.453 e. The van der Waals surface area contributed by atoms with Crippen LogP contribution in [0.2, 0.25) is 5.02 Å². The number of aliphatic imine (C=N–C) groups is 1. The van der Waals surface area contributed by atoms with E-state index in [0.29, 0.717) is 10.8 Å². The third-order valence-corrected chi connectivity index (χ3v) is 11.1. The minimum Gasteiger partial charge on any atom is -0.453 e. The first kappa shape index (κ1) is 46.6. The highest BCUT2D eigenvalue weighted by atomic mass is 35.5. The summed E-state index contributed by atoms with van der Waals surface area (Å²) in [5.74, 6) is 0.629. The smallest absolute Gasteiger partial charge is 0.172 e. The molecule has 0 aliphatic heterocycles. The Morgan fingerprint density at radius 3 is 1.37 bits per heavy atom. The minimum absolute atomic E-state index is 0.616. The molecule has 3 nitrogen and oxygen atoms in total. The molecule has 1 heterocycles. The van der Waals surface area contributed by atoms with Crippen LogP contribution in [-0.2, 0) is 6.42 Å². The quantitative estimate of drug-likeness (QED) is 0.0831. The van der Waals surface area contributed by atoms with Crippen LogP contribution in [0.15, 0.2) is 241 Å². The van der Waals surface area contributed by atoms with Crippen molar-refractivity contribution >= 4 is 46.6 Å². The summed E-state index contributed by atoms with van der Waals surface area (Å²) in [5, 5.41) is 7.03. The van der Waals surface area contributed by atoms with Crippen molar-refractivity contribution in [1.29, 1.82) is 5.41 Å². The number of allylic oxidation sites excluding steroid dienone is 2. The number of benzene rings is 8. The van der Waals surface area contributed by atoms with Gasteiger partial charge in [0.2, 0.25) is 0 Å². The molecular weight excluding hydrogens is 812 g/mol. The van der Waals surface area contributed by atoms with Gasteiger partial charge in [0.1, 0.15) is 11.3 Å². The van der Waals surface area contributed by atoms with Crippen LogP contribution < -0.4 is 0 Å². The number of aryl methyl sites for hydroxylation is 1. The van der Waals surface area contributed by atoms with Crippen LogP contribution in [0.25, 0.3) is 67.1 Å². The number of nitrogens with zero attached hydrogens (tertiary/aromatic N) is 1. The third kappa shape index (κ3) is 11.8. The van der Waals surface area contributed by atoms with Gasteiger partial charge in [-0.05, 0) is 128 Å². The summed E-state index contributed by atoms with van der Waals surface area (Å²) in [6, 6.07) is 71.8. The van der Waals surface area contributed by atoms with E-state index in [0.717, 1.165) is 45.4 Å². The predicted molar refractivity (Wildman–Crippen MR) is 282 cm³/mol. The van der Waals surface area contributed by atoms with Crippen molar-refractivity contribution in [2.45, 2.75) is 13.3 Å². The molecule has 0 spiro atoms. The fourth-order valence-electron chi connectivity index (χ4n) is 7.47. The number of para-hydroxylation sites is 1. The molecule has 1 N–H and O–H groups in total. The Labute approximate surface area is 389 Å². The molecule has 8 aromatic carbocycles. The van der Waals surface area contributed by atoms with E-state index in [2.05, 4.69) is 233 Å². The third-order valence-electron chi connectivity index (χ3n) is 10.8. The van der Waals surface area contributed by atoms with E-state index in [-0.39, 0.29) is 0 Å². The van der Waals surface area contributed by atoms with Gasteiger partial charge >= 0.3 is 0 Å². The van der Waals surface area contributed by atoms with Gasteiger partial charge in [-0.2, -0.15) is 0 Å². The lowest BCUT2D eigenvalue weighted by atomic mass is 9.93. The van der Waals surface area contributed by atoms with Crippen molar-refractivity contribution in [1.82, 2.24) is 0 Å². The number of furan rings is 1. The van der Waals surface area contributed by atoms with E-state index >= 15 is 0 Å². The molecule has 65 heavy (non-hydrogen) atoms. The molecule has 0 aliphatic rings. The van der Waals surface area contributed by atoms with E-state index < -0.39 is 0 Å². The molecule has 0 fully saturated rings. The molecule has 1 aromatic heterocycles. The average Bonchev–Trinajstić information content (AvgIpc) is 3.73. The lowest BCUT2D eigenvalue weighted by Crippen LogP contribution is -2.02. The van der Waals surface area contributed by atoms with Gasteiger partial charge in [0.15, 0.2) is 5.76 Å². The van der Waals surface area contributed by atoms with Crippen LogP contribution in [-0.4, -0.2) is 19.5 Å². The van der Waals surface area contributed by atoms with Crippen LogP contribution >= 0.6 is 11.6 Å². The molecule has 320 valence electrons. The molecule has 4 heteroatoms. The van der Waals surface area contributed by atoms with Crippen LogP contribution in [0.3, 0.4) is 0 Å². The Kier molecular flexibility index (Phi) is 16.9. The van der Waals surface area contributed by atoms with Crippen molar-refractivity contribution in [2.75, 3.05) is 7.05 Å². The highest BCUT2D eigenvalue weighted by molar-refractivity contribution is 6.39. The number of nitrogens with one attached hydrogen (secondary N) is 1. The van der Waals surface area contributed by atoms with Crippen molar-refractivity contribution in [3.8, 4) is 44.5 Å². The van der Waals surface area contributed by atoms with Crippen molar-refractivity contribution in [3.05, 3.63) is 265 Å². The van der Waals surface area contributed by atoms with E-state index in [1.807, 2.05) is 24.3 Å². The van der Waals surface area contributed by atoms with Crippen molar-refractivity contribution in [3.63, 3.8) is 0 Å². The molecule has 0 unspecified atom stereocenters. The average molecular weight is 866 g/mol. The first-order valence-corrected chi connectivity index (χ1v) is 21.8. The van der Waals surface area contributed by atoms with Crippen LogP contribution in [0.4, 0.5) is 0 Å². The molecule has 9 rings (SSSR count). The van der Waals surface area contributed by atoms with Gasteiger partial charge in [-0.3, -0.25) is 4.99 Å². The van der Waals surface area contributed by atoms with Gasteiger partial charge in [-0.15, -0.1) is 13.2 Å². The normalized spacial score (nSPS) is 10.8. The maximum absolute atomic E-state index is 6.46. The topological polar surface area (TPSA) is 49.4 Å². The Morgan fingerprint density at radius 2 is 0.954 bits per heavy atom. The molecule has 0 saturated heterocycles. The number of rotatable bonds is 10. The lowest BCUT2D eigenvalue weighted by Gasteiger charge is -2.12. The van der Waals surface area contributed by atoms with E-state index in [1.165, 1.54) is 50.1 Å². The predicted octanol–water partition coefficient (Wildman–Crippen LogP) is 17.3. The summed E-state index contributed by atoms with van der Waals surface area (Å²) in [7, 11) is 1.76. The standard InChI is InChI=1S/C40H30.C18H16ClNO.C2H4.CH3N/c1-30(36-26-39(34-18-10-4-11-19-34)29-40(27-36)35-20-12-5-13-21-35)22-23-31-24-37(32-14-6-2-7-15-32)28-38(25-31)33-16-8-3-9-17-33;1-3-12-8-10-13(11-9-12)17(20-2)18-16(19)14-6-4-5-7-15(14)21-18;2*1-2/h2-29H,1H2;4-11H,3H2,1-2H3;1-2H2;2H,1H2/b23-22+;;;. The SMILES string of the molecule is C=C.C=C(/C=C/c1cc(-c2ccccc2)cc(-c2ccccc2)c1)c1cc(-c2ccccc2)cc(-c2ccccc2)c1.C=N.CCc1ccc(C(=NC)c2oc3ccccc3c2Cl)cc1. The summed E-state index contributed by atoms with van der Waals surface area (Å²) in [4.78, 5) is 4.38. The maximum atomic E-state index is 6.46. The van der Waals surface area contributed by atoms with E-state index in [1.54, 1.807) is 7.05 Å². The monoisotopic (exact) mass is 864 g/mol. The summed E-state index contributed by atoms with van der Waals surface area (Å²) < 4.78 is 5.90. The molecule has 9 aromatic rings. The molecule has 0 bridgehead atoms. The summed E-state index contributed by atoms with van der Waals surface area (Å²) in [6.07, 6.45) is 5.33. The number of hydrogen-bond acceptors (Lipinski definition) is 3. The molecule has 0 aliphatic carbocycles. The zero-order valence-corrected chi connectivity index (χ0v) is 37.8. The second-order valence-electron chi connectivity index (χ2n) is 14.8. The van der Waals surface area contributed by atoms with Gasteiger partial charge in [0.25, 0.3) is 0 Å². The fourth-order valence-corrected chi connectivity index (χ4v) is 7.75. The Balaban J connectivity index is 0.000000235. The Bertz CT molecular complexity index is 2870. The first-order chi connectivity index (χ1) is 32.0. The van der Waals surface area contributed by atoms with Crippen LogP contribution in [0.1, 0.15) is 34.9 Å². The maximum Gasteiger partial charge on any atom is 0.172 e. The molecule has 0 saturated carbocycles. The summed E-state index contributed by atoms with van der Waals surface area (Å²) in [5.41, 5.74) is 16.7. The molecule has 0 atom stereocenters. The highest BCUT2D eigenvalue weighted by Crippen LogP contribution is 2.34. The van der Waals surface area contributed by atoms with E-state index in [4.69, 9.17) is 21.4 Å².